The average Bonchev–Trinajstić information content (AvgIpc) is 3.03. The van der Waals surface area contributed by atoms with Crippen molar-refractivity contribution in [3.8, 4) is 5.75 Å². The number of aliphatic imine (C=N–C) groups is 1. The predicted octanol–water partition coefficient (Wildman–Crippen LogP) is 4.61. The Hall–Kier alpha value is -2.40. The smallest absolute Gasteiger partial charge is 0.191 e. The molecule has 25 heavy (non-hydrogen) atoms. The molecule has 1 N–H and O–H groups in total. The van der Waals surface area contributed by atoms with Crippen LogP contribution in [0.5, 0.6) is 5.75 Å². The number of aromatic amines is 1. The van der Waals surface area contributed by atoms with Gasteiger partial charge in [0.25, 0.3) is 0 Å². The summed E-state index contributed by atoms with van der Waals surface area (Å²) in [4.78, 5) is 19.5. The van der Waals surface area contributed by atoms with Crippen molar-refractivity contribution in [1.82, 2.24) is 4.98 Å². The summed E-state index contributed by atoms with van der Waals surface area (Å²) >= 11 is 3.45. The van der Waals surface area contributed by atoms with E-state index in [0.29, 0.717) is 0 Å². The number of ether oxygens (including phenoxy) is 1. The van der Waals surface area contributed by atoms with Crippen molar-refractivity contribution in [2.75, 3.05) is 13.2 Å². The van der Waals surface area contributed by atoms with Gasteiger partial charge < -0.3 is 9.72 Å². The number of nitrogens with zero attached hydrogens (tertiary/aromatic N) is 1. The number of aromatic nitrogens is 1. The SMILES string of the molecule is Cc1cc(Br)cc(C)c1OCC(=O)CN=Cc1cccc2[nH]ccc12. The van der Waals surface area contributed by atoms with Gasteiger partial charge >= 0.3 is 0 Å². The van der Waals surface area contributed by atoms with Crippen LogP contribution in [0, 0.1) is 13.8 Å². The zero-order valence-corrected chi connectivity index (χ0v) is 15.8. The first-order valence-electron chi connectivity index (χ1n) is 8.02. The highest BCUT2D eigenvalue weighted by Crippen LogP contribution is 2.27. The molecule has 4 nitrogen and oxygen atoms in total. The lowest BCUT2D eigenvalue weighted by Gasteiger charge is -2.11. The highest BCUT2D eigenvalue weighted by Gasteiger charge is 2.08. The van der Waals surface area contributed by atoms with Crippen LogP contribution < -0.4 is 4.74 Å². The maximum atomic E-state index is 12.1. The molecule has 0 amide bonds. The molecular weight excluding hydrogens is 380 g/mol. The van der Waals surface area contributed by atoms with Crippen LogP contribution in [-0.2, 0) is 4.79 Å². The highest BCUT2D eigenvalue weighted by molar-refractivity contribution is 9.10. The first-order valence-corrected chi connectivity index (χ1v) is 8.81. The van der Waals surface area contributed by atoms with Crippen molar-refractivity contribution in [3.63, 3.8) is 0 Å². The maximum absolute atomic E-state index is 12.1. The van der Waals surface area contributed by atoms with Gasteiger partial charge in [0, 0.05) is 33.4 Å². The average molecular weight is 399 g/mol. The van der Waals surface area contributed by atoms with Crippen molar-refractivity contribution in [1.29, 1.82) is 0 Å². The summed E-state index contributed by atoms with van der Waals surface area (Å²) in [7, 11) is 0. The van der Waals surface area contributed by atoms with Gasteiger partial charge in [0.1, 0.15) is 18.9 Å². The second-order valence-electron chi connectivity index (χ2n) is 5.95. The summed E-state index contributed by atoms with van der Waals surface area (Å²) in [5, 5.41) is 1.09. The van der Waals surface area contributed by atoms with Gasteiger partial charge in [-0.2, -0.15) is 0 Å². The van der Waals surface area contributed by atoms with E-state index in [1.165, 1.54) is 0 Å². The third kappa shape index (κ3) is 4.17. The van der Waals surface area contributed by atoms with Gasteiger partial charge in [-0.05, 0) is 49.2 Å². The number of hydrogen-bond donors (Lipinski definition) is 1. The lowest BCUT2D eigenvalue weighted by atomic mass is 10.1. The molecule has 0 fully saturated rings. The molecule has 1 aromatic heterocycles. The Morgan fingerprint density at radius 3 is 2.76 bits per heavy atom. The molecule has 2 aromatic carbocycles. The van der Waals surface area contributed by atoms with E-state index >= 15 is 0 Å². The van der Waals surface area contributed by atoms with Crippen molar-refractivity contribution in [3.05, 3.63) is 63.8 Å². The van der Waals surface area contributed by atoms with E-state index in [0.717, 1.165) is 37.8 Å². The number of carbonyl (C=O) groups excluding carboxylic acids is 1. The second-order valence-corrected chi connectivity index (χ2v) is 6.87. The van der Waals surface area contributed by atoms with Crippen LogP contribution in [0.3, 0.4) is 0 Å². The van der Waals surface area contributed by atoms with Gasteiger partial charge in [-0.3, -0.25) is 9.79 Å². The first-order chi connectivity index (χ1) is 12.0. The summed E-state index contributed by atoms with van der Waals surface area (Å²) in [6.45, 7) is 4.06. The topological polar surface area (TPSA) is 54.4 Å². The van der Waals surface area contributed by atoms with Gasteiger partial charge in [0.2, 0.25) is 0 Å². The van der Waals surface area contributed by atoms with Crippen LogP contribution in [0.1, 0.15) is 16.7 Å². The fraction of sp³-hybridized carbons (Fsp3) is 0.200. The predicted molar refractivity (Wildman–Crippen MR) is 105 cm³/mol. The standard InChI is InChI=1S/C20H19BrN2O2/c1-13-8-16(21)9-14(2)20(13)25-12-17(24)11-22-10-15-4-3-5-19-18(15)6-7-23-19/h3-10,23H,11-12H2,1-2H3. The molecular formula is C20H19BrN2O2. The highest BCUT2D eigenvalue weighted by atomic mass is 79.9. The molecule has 0 saturated carbocycles. The fourth-order valence-corrected chi connectivity index (χ4v) is 3.48. The van der Waals surface area contributed by atoms with Gasteiger partial charge in [-0.25, -0.2) is 0 Å². The second kappa shape index (κ2) is 7.66. The molecule has 0 aliphatic carbocycles. The lowest BCUT2D eigenvalue weighted by Crippen LogP contribution is -2.15. The van der Waals surface area contributed by atoms with Gasteiger partial charge in [0.05, 0.1) is 0 Å². The van der Waals surface area contributed by atoms with Crippen LogP contribution in [0.25, 0.3) is 10.9 Å². The Labute approximate surface area is 155 Å². The van der Waals surface area contributed by atoms with Crippen molar-refractivity contribution < 1.29 is 9.53 Å². The minimum atomic E-state index is -0.0563. The fourth-order valence-electron chi connectivity index (χ4n) is 2.79. The van der Waals surface area contributed by atoms with E-state index in [-0.39, 0.29) is 18.9 Å². The number of benzene rings is 2. The number of fused-ring (bicyclic) bond motifs is 1. The van der Waals surface area contributed by atoms with E-state index in [1.807, 2.05) is 56.4 Å². The van der Waals surface area contributed by atoms with Gasteiger partial charge in [0.15, 0.2) is 5.78 Å². The number of nitrogens with one attached hydrogen (secondary N) is 1. The molecule has 3 aromatic rings. The molecule has 0 unspecified atom stereocenters. The third-order valence-corrected chi connectivity index (χ3v) is 4.39. The van der Waals surface area contributed by atoms with E-state index in [1.54, 1.807) is 6.21 Å². The first kappa shape index (κ1) is 17.4. The summed E-state index contributed by atoms with van der Waals surface area (Å²) in [6.07, 6.45) is 3.63. The lowest BCUT2D eigenvalue weighted by molar-refractivity contribution is -0.119. The van der Waals surface area contributed by atoms with Crippen LogP contribution in [-0.4, -0.2) is 30.1 Å². The summed E-state index contributed by atoms with van der Waals surface area (Å²) in [6, 6.07) is 11.9. The number of aryl methyl sites for hydroxylation is 2. The van der Waals surface area contributed by atoms with E-state index < -0.39 is 0 Å². The zero-order chi connectivity index (χ0) is 17.8. The number of halogens is 1. The number of H-pyrrole nitrogens is 1. The Bertz CT molecular complexity index is 921. The Morgan fingerprint density at radius 2 is 2.00 bits per heavy atom. The van der Waals surface area contributed by atoms with Gasteiger partial charge in [-0.15, -0.1) is 0 Å². The Balaban J connectivity index is 1.59. The van der Waals surface area contributed by atoms with Crippen LogP contribution in [0.4, 0.5) is 0 Å². The van der Waals surface area contributed by atoms with E-state index in [4.69, 9.17) is 4.74 Å². The van der Waals surface area contributed by atoms with Gasteiger partial charge in [-0.1, -0.05) is 28.1 Å². The monoisotopic (exact) mass is 398 g/mol. The van der Waals surface area contributed by atoms with Crippen molar-refractivity contribution >= 4 is 38.8 Å². The number of Topliss-reactive ketones (excluding diaryl/α,β-unsaturated/α-hetero) is 1. The van der Waals surface area contributed by atoms with E-state index in [2.05, 4.69) is 25.9 Å². The molecule has 0 aliphatic rings. The normalized spacial score (nSPS) is 11.3. The van der Waals surface area contributed by atoms with Crippen LogP contribution >= 0.6 is 15.9 Å². The minimum Gasteiger partial charge on any atom is -0.485 e. The van der Waals surface area contributed by atoms with Crippen molar-refractivity contribution in [2.24, 2.45) is 4.99 Å². The zero-order valence-electron chi connectivity index (χ0n) is 14.2. The largest absolute Gasteiger partial charge is 0.485 e. The summed E-state index contributed by atoms with van der Waals surface area (Å²) in [5.41, 5.74) is 4.05. The molecule has 0 saturated heterocycles. The Morgan fingerprint density at radius 1 is 1.24 bits per heavy atom. The summed E-state index contributed by atoms with van der Waals surface area (Å²) in [5.74, 6) is 0.705. The molecule has 0 radical (unpaired) electrons. The van der Waals surface area contributed by atoms with Crippen molar-refractivity contribution in [2.45, 2.75) is 13.8 Å². The third-order valence-electron chi connectivity index (χ3n) is 3.93. The number of rotatable bonds is 6. The molecule has 0 bridgehead atoms. The number of hydrogen-bond acceptors (Lipinski definition) is 3. The quantitative estimate of drug-likeness (QED) is 0.616. The molecule has 3 rings (SSSR count). The molecule has 0 aliphatic heterocycles. The number of ketones is 1. The molecule has 0 atom stereocenters. The minimum absolute atomic E-state index is 0.0228. The number of carbonyl (C=O) groups is 1. The maximum Gasteiger partial charge on any atom is 0.191 e. The van der Waals surface area contributed by atoms with E-state index in [9.17, 15) is 4.79 Å². The molecule has 1 heterocycles. The Kier molecular flexibility index (Phi) is 5.34. The molecule has 128 valence electrons. The van der Waals surface area contributed by atoms with Crippen LogP contribution in [0.15, 0.2) is 52.1 Å². The van der Waals surface area contributed by atoms with Crippen LogP contribution in [0.2, 0.25) is 0 Å². The molecule has 5 heteroatoms. The summed E-state index contributed by atoms with van der Waals surface area (Å²) < 4.78 is 6.70. The molecule has 0 spiro atoms.